The molecule has 0 bridgehead atoms. The van der Waals surface area contributed by atoms with Gasteiger partial charge in [-0.15, -0.1) is 0 Å². The van der Waals surface area contributed by atoms with Gasteiger partial charge in [0.1, 0.15) is 16.9 Å². The first-order valence-corrected chi connectivity index (χ1v) is 13.7. The molecule has 35 heavy (non-hydrogen) atoms. The summed E-state index contributed by atoms with van der Waals surface area (Å²) in [5.41, 5.74) is 2.72. The molecule has 1 aliphatic carbocycles. The lowest BCUT2D eigenvalue weighted by atomic mass is 10.1. The van der Waals surface area contributed by atoms with E-state index in [9.17, 15) is 17.2 Å². The minimum Gasteiger partial charge on any atom is -0.358 e. The van der Waals surface area contributed by atoms with Crippen LogP contribution >= 0.6 is 11.6 Å². The highest BCUT2D eigenvalue weighted by Crippen LogP contribution is 2.44. The van der Waals surface area contributed by atoms with Crippen molar-refractivity contribution in [2.24, 2.45) is 0 Å². The van der Waals surface area contributed by atoms with Gasteiger partial charge in [-0.1, -0.05) is 17.7 Å². The molecule has 2 fully saturated rings. The molecule has 1 aromatic carbocycles. The molecule has 3 aromatic rings. The zero-order valence-corrected chi connectivity index (χ0v) is 20.9. The highest BCUT2D eigenvalue weighted by molar-refractivity contribution is 7.92. The van der Waals surface area contributed by atoms with Crippen LogP contribution in [0.3, 0.4) is 0 Å². The topological polar surface area (TPSA) is 89.3 Å². The van der Waals surface area contributed by atoms with E-state index in [-0.39, 0.29) is 16.3 Å². The number of imidazole rings is 1. The molecule has 1 aliphatic heterocycles. The fraction of sp³-hybridized carbons (Fsp3) is 0.478. The van der Waals surface area contributed by atoms with E-state index >= 15 is 0 Å². The van der Waals surface area contributed by atoms with Crippen LogP contribution in [0.15, 0.2) is 24.3 Å². The summed E-state index contributed by atoms with van der Waals surface area (Å²) in [5.74, 6) is -0.0279. The van der Waals surface area contributed by atoms with E-state index < -0.39 is 28.5 Å². The summed E-state index contributed by atoms with van der Waals surface area (Å²) in [6.07, 6.45) is 2.07. The smallest absolute Gasteiger partial charge is 0.295 e. The van der Waals surface area contributed by atoms with E-state index in [2.05, 4.69) is 15.3 Å². The Balaban J connectivity index is 1.63. The van der Waals surface area contributed by atoms with E-state index in [0.717, 1.165) is 37.5 Å². The molecule has 1 saturated heterocycles. The summed E-state index contributed by atoms with van der Waals surface area (Å²) >= 11 is 6.31. The molecule has 0 amide bonds. The van der Waals surface area contributed by atoms with E-state index in [1.165, 1.54) is 22.0 Å². The van der Waals surface area contributed by atoms with Gasteiger partial charge in [-0.25, -0.2) is 27.2 Å². The van der Waals surface area contributed by atoms with Crippen LogP contribution in [0.5, 0.6) is 0 Å². The first-order chi connectivity index (χ1) is 16.6. The molecule has 1 N–H and O–H groups in total. The van der Waals surface area contributed by atoms with Crippen LogP contribution in [0.25, 0.3) is 11.2 Å². The zero-order chi connectivity index (χ0) is 24.9. The van der Waals surface area contributed by atoms with Gasteiger partial charge < -0.3 is 10.1 Å². The van der Waals surface area contributed by atoms with Crippen LogP contribution in [0, 0.1) is 0 Å². The molecule has 0 spiro atoms. The molecule has 1 unspecified atom stereocenters. The van der Waals surface area contributed by atoms with Crippen molar-refractivity contribution in [1.82, 2.24) is 14.5 Å². The van der Waals surface area contributed by atoms with Gasteiger partial charge >= 0.3 is 0 Å². The van der Waals surface area contributed by atoms with Crippen LogP contribution < -0.4 is 9.62 Å². The van der Waals surface area contributed by atoms with Crippen LogP contribution in [0.2, 0.25) is 5.15 Å². The Bertz CT molecular complexity index is 1370. The molecular weight excluding hydrogens is 500 g/mol. The lowest BCUT2D eigenvalue weighted by molar-refractivity contribution is -0.0363. The summed E-state index contributed by atoms with van der Waals surface area (Å²) in [5, 5.41) is 3.27. The average molecular weight is 526 g/mol. The number of hydrogen-bond acceptors (Lipinski definition) is 6. The lowest BCUT2D eigenvalue weighted by Crippen LogP contribution is -2.25. The number of sulfonamides is 1. The van der Waals surface area contributed by atoms with Crippen LogP contribution in [0.1, 0.15) is 62.1 Å². The predicted octanol–water partition coefficient (Wildman–Crippen LogP) is 5.74. The first kappa shape index (κ1) is 24.2. The molecule has 2 aliphatic rings. The molecule has 1 atom stereocenters. The minimum atomic E-state index is -3.55. The van der Waals surface area contributed by atoms with Gasteiger partial charge in [-0.05, 0) is 55.7 Å². The van der Waals surface area contributed by atoms with Crippen molar-refractivity contribution in [3.8, 4) is 0 Å². The zero-order valence-electron chi connectivity index (χ0n) is 19.3. The number of anilines is 3. The molecular formula is C23H26ClF2N5O3S. The van der Waals surface area contributed by atoms with Crippen molar-refractivity contribution >= 4 is 49.9 Å². The number of nitrogens with zero attached hydrogens (tertiary/aromatic N) is 4. The van der Waals surface area contributed by atoms with E-state index in [1.54, 1.807) is 6.07 Å². The van der Waals surface area contributed by atoms with Gasteiger partial charge in [0.15, 0.2) is 11.5 Å². The summed E-state index contributed by atoms with van der Waals surface area (Å²) in [6, 6.07) is 7.08. The summed E-state index contributed by atoms with van der Waals surface area (Å²) in [4.78, 5) is 8.53. The quantitative estimate of drug-likeness (QED) is 0.396. The Labute approximate surface area is 207 Å². The van der Waals surface area contributed by atoms with Crippen molar-refractivity contribution in [1.29, 1.82) is 0 Å². The maximum absolute atomic E-state index is 14.0. The number of hydrogen-bond donors (Lipinski definition) is 1. The minimum absolute atomic E-state index is 0.0883. The van der Waals surface area contributed by atoms with Gasteiger partial charge in [0, 0.05) is 19.7 Å². The Hall–Kier alpha value is -2.50. The highest BCUT2D eigenvalue weighted by Gasteiger charge is 2.30. The largest absolute Gasteiger partial charge is 0.358 e. The summed E-state index contributed by atoms with van der Waals surface area (Å²) in [6.45, 7) is 0.465. The summed E-state index contributed by atoms with van der Waals surface area (Å²) in [7, 11) is -2.07. The van der Waals surface area contributed by atoms with E-state index in [1.807, 2.05) is 12.1 Å². The Morgan fingerprint density at radius 2 is 1.94 bits per heavy atom. The van der Waals surface area contributed by atoms with Gasteiger partial charge in [0.2, 0.25) is 10.0 Å². The maximum Gasteiger partial charge on any atom is 0.295 e. The third-order valence-corrected chi connectivity index (χ3v) is 7.85. The monoisotopic (exact) mass is 525 g/mol. The fourth-order valence-electron chi connectivity index (χ4n) is 4.42. The SMILES string of the molecule is CN(c1cc(C2CC2)ccc1Nc1cc(Cl)nc2c1nc(C(F)F)n2C1CCCCO1)S(C)(=O)=O. The second-order valence-electron chi connectivity index (χ2n) is 9.03. The molecule has 188 valence electrons. The molecule has 1 saturated carbocycles. The predicted molar refractivity (Wildman–Crippen MR) is 131 cm³/mol. The number of ether oxygens (including phenoxy) is 1. The van der Waals surface area contributed by atoms with Gasteiger partial charge in [-0.3, -0.25) is 8.87 Å². The van der Waals surface area contributed by atoms with E-state index in [0.29, 0.717) is 36.0 Å². The van der Waals surface area contributed by atoms with Crippen LogP contribution in [-0.2, 0) is 14.8 Å². The number of benzene rings is 1. The number of fused-ring (bicyclic) bond motifs is 1. The molecule has 12 heteroatoms. The Morgan fingerprint density at radius 1 is 1.17 bits per heavy atom. The molecule has 8 nitrogen and oxygen atoms in total. The third-order valence-electron chi connectivity index (χ3n) is 6.46. The Morgan fingerprint density at radius 3 is 2.57 bits per heavy atom. The number of aromatic nitrogens is 3. The van der Waals surface area contributed by atoms with Crippen molar-refractivity contribution in [3.63, 3.8) is 0 Å². The van der Waals surface area contributed by atoms with Gasteiger partial charge in [0.05, 0.1) is 23.3 Å². The number of pyridine rings is 1. The summed E-state index contributed by atoms with van der Waals surface area (Å²) < 4.78 is 61.0. The fourth-order valence-corrected chi connectivity index (χ4v) is 5.12. The molecule has 3 heterocycles. The highest BCUT2D eigenvalue weighted by atomic mass is 35.5. The molecule has 0 radical (unpaired) electrons. The molecule has 2 aromatic heterocycles. The number of halogens is 3. The van der Waals surface area contributed by atoms with Crippen molar-refractivity contribution in [2.45, 2.75) is 50.7 Å². The van der Waals surface area contributed by atoms with Crippen molar-refractivity contribution in [3.05, 3.63) is 40.8 Å². The second kappa shape index (κ2) is 9.18. The van der Waals surface area contributed by atoms with Gasteiger partial charge in [-0.2, -0.15) is 0 Å². The standard InChI is InChI=1S/C23H26ClF2N5O3S/c1-30(35(2,32)33)17-11-14(13-6-7-13)8-9-15(17)27-16-12-18(24)28-22-20(16)29-23(21(25)26)31(22)19-5-3-4-10-34-19/h8-9,11-13,19,21H,3-7,10H2,1-2H3,(H,27,28). The van der Waals surface area contributed by atoms with Gasteiger partial charge in [0.25, 0.3) is 6.43 Å². The lowest BCUT2D eigenvalue weighted by Gasteiger charge is -2.25. The maximum atomic E-state index is 14.0. The van der Waals surface area contributed by atoms with Crippen molar-refractivity contribution < 1.29 is 21.9 Å². The average Bonchev–Trinajstić information content (AvgIpc) is 3.59. The first-order valence-electron chi connectivity index (χ1n) is 11.5. The second-order valence-corrected chi connectivity index (χ2v) is 11.4. The number of nitrogens with one attached hydrogen (secondary N) is 1. The Kier molecular flexibility index (Phi) is 6.35. The number of rotatable bonds is 7. The normalized spacial score (nSPS) is 18.9. The third kappa shape index (κ3) is 4.81. The molecule has 5 rings (SSSR count). The van der Waals surface area contributed by atoms with Crippen molar-refractivity contribution in [2.75, 3.05) is 29.5 Å². The number of alkyl halides is 2. The van der Waals surface area contributed by atoms with Crippen LogP contribution in [-0.4, -0.2) is 42.9 Å². The van der Waals surface area contributed by atoms with E-state index in [4.69, 9.17) is 16.3 Å². The van der Waals surface area contributed by atoms with Crippen LogP contribution in [0.4, 0.5) is 25.8 Å².